The average Bonchev–Trinajstić information content (AvgIpc) is 3.51. The predicted molar refractivity (Wildman–Crippen MR) is 149 cm³/mol. The Kier molecular flexibility index (Phi) is 7.37. The molecule has 0 aliphatic rings. The van der Waals surface area contributed by atoms with Crippen molar-refractivity contribution in [3.63, 3.8) is 0 Å². The molecule has 5 rings (SSSR count). The zero-order valence-electron chi connectivity index (χ0n) is 21.5. The van der Waals surface area contributed by atoms with E-state index in [0.717, 1.165) is 26.2 Å². The second-order valence-electron chi connectivity index (χ2n) is 9.35. The third-order valence-electron chi connectivity index (χ3n) is 6.28. The van der Waals surface area contributed by atoms with Gasteiger partial charge in [0.1, 0.15) is 16.5 Å². The van der Waals surface area contributed by atoms with Crippen LogP contribution in [0.25, 0.3) is 31.9 Å². The number of carbonyl (C=O) groups is 1. The molecule has 0 amide bonds. The van der Waals surface area contributed by atoms with E-state index in [0.29, 0.717) is 41.9 Å². The quantitative estimate of drug-likeness (QED) is 0.172. The number of fused-ring (bicyclic) bond motifs is 1. The molecule has 4 N–H and O–H groups in total. The highest BCUT2D eigenvalue weighted by molar-refractivity contribution is 7.22. The van der Waals surface area contributed by atoms with Gasteiger partial charge in [0.25, 0.3) is 0 Å². The number of rotatable bonds is 10. The minimum absolute atomic E-state index is 0.115. The van der Waals surface area contributed by atoms with Gasteiger partial charge in [0.05, 0.1) is 5.69 Å². The Hall–Kier alpha value is -4.58. The lowest BCUT2D eigenvalue weighted by atomic mass is 9.93. The van der Waals surface area contributed by atoms with Gasteiger partial charge in [-0.2, -0.15) is 0 Å². The summed E-state index contributed by atoms with van der Waals surface area (Å²) in [5, 5.41) is 39.4. The van der Waals surface area contributed by atoms with Crippen molar-refractivity contribution in [2.24, 2.45) is 5.92 Å². The summed E-state index contributed by atoms with van der Waals surface area (Å²) in [4.78, 5) is 22.2. The molecule has 0 spiro atoms. The van der Waals surface area contributed by atoms with Gasteiger partial charge in [-0.1, -0.05) is 31.1 Å². The fourth-order valence-electron chi connectivity index (χ4n) is 4.27. The number of carboxylic acid groups (broad SMARTS) is 1. The fourth-order valence-corrected chi connectivity index (χ4v) is 5.36. The average molecular weight is 546 g/mol. The summed E-state index contributed by atoms with van der Waals surface area (Å²) in [6.07, 6.45) is 3.53. The first-order valence-corrected chi connectivity index (χ1v) is 13.2. The number of phenols is 1. The van der Waals surface area contributed by atoms with Crippen molar-refractivity contribution in [1.29, 1.82) is 0 Å². The number of aryl methyl sites for hydroxylation is 1. The Labute approximate surface area is 228 Å². The van der Waals surface area contributed by atoms with Crippen molar-refractivity contribution in [3.05, 3.63) is 60.1 Å². The molecule has 4 aromatic heterocycles. The van der Waals surface area contributed by atoms with Gasteiger partial charge >= 0.3 is 5.97 Å². The molecular formula is C27H27N7O4S. The van der Waals surface area contributed by atoms with Gasteiger partial charge in [0.2, 0.25) is 5.95 Å². The second kappa shape index (κ2) is 11.0. The van der Waals surface area contributed by atoms with E-state index in [1.54, 1.807) is 30.6 Å². The van der Waals surface area contributed by atoms with E-state index in [1.807, 2.05) is 39.0 Å². The molecule has 39 heavy (non-hydrogen) atoms. The summed E-state index contributed by atoms with van der Waals surface area (Å²) >= 11 is 1.52. The monoisotopic (exact) mass is 545 g/mol. The Morgan fingerprint density at radius 1 is 1.08 bits per heavy atom. The van der Waals surface area contributed by atoms with Crippen LogP contribution in [0.4, 0.5) is 11.8 Å². The molecule has 0 aliphatic carbocycles. The SMILES string of the molecule is Cc1c(-c2cnc(NCCNc3cc(C(C(=O)O)C(C)C)on3)nc2)sc2nnc(-c3ccccc3O)cc12. The zero-order valence-corrected chi connectivity index (χ0v) is 22.4. The van der Waals surface area contributed by atoms with Crippen molar-refractivity contribution in [2.75, 3.05) is 23.7 Å². The number of aliphatic carboxylic acids is 1. The maximum atomic E-state index is 11.5. The molecule has 0 radical (unpaired) electrons. The van der Waals surface area contributed by atoms with Crippen molar-refractivity contribution in [3.8, 4) is 27.4 Å². The highest BCUT2D eigenvalue weighted by Gasteiger charge is 2.28. The van der Waals surface area contributed by atoms with Gasteiger partial charge in [0, 0.05) is 52.9 Å². The summed E-state index contributed by atoms with van der Waals surface area (Å²) in [5.74, 6) is -0.356. The smallest absolute Gasteiger partial charge is 0.314 e. The highest BCUT2D eigenvalue weighted by Crippen LogP contribution is 2.38. The van der Waals surface area contributed by atoms with Crippen LogP contribution in [-0.2, 0) is 4.79 Å². The maximum Gasteiger partial charge on any atom is 0.314 e. The summed E-state index contributed by atoms with van der Waals surface area (Å²) in [7, 11) is 0. The van der Waals surface area contributed by atoms with E-state index in [1.165, 1.54) is 11.3 Å². The molecule has 0 aliphatic heterocycles. The lowest BCUT2D eigenvalue weighted by Gasteiger charge is -2.11. The summed E-state index contributed by atoms with van der Waals surface area (Å²) in [6, 6.07) is 10.6. The molecule has 1 unspecified atom stereocenters. The Bertz CT molecular complexity index is 1610. The topological polar surface area (TPSA) is 159 Å². The standard InChI is InChI=1S/C27H27N7O4S/c1-14(2)23(26(36)37)21-11-22(34-38-21)28-8-9-29-27-30-12-16(13-31-27)24-15(3)18-10-19(32-33-25(18)39-24)17-6-4-5-7-20(17)35/h4-7,10-14,23,35H,8-9H2,1-3H3,(H,28,34)(H,36,37)(H,29,30,31). The van der Waals surface area contributed by atoms with Crippen molar-refractivity contribution in [1.82, 2.24) is 25.3 Å². The Morgan fingerprint density at radius 3 is 2.54 bits per heavy atom. The molecule has 0 saturated carbocycles. The largest absolute Gasteiger partial charge is 0.507 e. The van der Waals surface area contributed by atoms with Crippen LogP contribution in [0.15, 0.2) is 53.3 Å². The third-order valence-corrected chi connectivity index (χ3v) is 7.52. The number of anilines is 2. The molecule has 0 saturated heterocycles. The second-order valence-corrected chi connectivity index (χ2v) is 10.3. The lowest BCUT2D eigenvalue weighted by molar-refractivity contribution is -0.140. The van der Waals surface area contributed by atoms with Crippen LogP contribution in [0.2, 0.25) is 0 Å². The van der Waals surface area contributed by atoms with Crippen molar-refractivity contribution < 1.29 is 19.5 Å². The number of carboxylic acids is 1. The number of nitrogens with zero attached hydrogens (tertiary/aromatic N) is 5. The maximum absolute atomic E-state index is 11.5. The van der Waals surface area contributed by atoms with Crippen LogP contribution < -0.4 is 10.6 Å². The lowest BCUT2D eigenvalue weighted by Crippen LogP contribution is -2.17. The van der Waals surface area contributed by atoms with Crippen LogP contribution >= 0.6 is 11.3 Å². The minimum Gasteiger partial charge on any atom is -0.507 e. The molecule has 1 aromatic carbocycles. The van der Waals surface area contributed by atoms with E-state index < -0.39 is 11.9 Å². The number of hydrogen-bond donors (Lipinski definition) is 4. The molecule has 11 nitrogen and oxygen atoms in total. The zero-order chi connectivity index (χ0) is 27.5. The minimum atomic E-state index is -0.939. The molecule has 5 aromatic rings. The summed E-state index contributed by atoms with van der Waals surface area (Å²) in [5.41, 5.74) is 3.17. The van der Waals surface area contributed by atoms with Gasteiger partial charge in [-0.15, -0.1) is 21.5 Å². The molecule has 0 bridgehead atoms. The van der Waals surface area contributed by atoms with Crippen molar-refractivity contribution >= 4 is 39.3 Å². The van der Waals surface area contributed by atoms with Crippen molar-refractivity contribution in [2.45, 2.75) is 26.7 Å². The van der Waals surface area contributed by atoms with Crippen LogP contribution in [0.1, 0.15) is 31.1 Å². The fraction of sp³-hybridized carbons (Fsp3) is 0.259. The van der Waals surface area contributed by atoms with Crippen LogP contribution in [0.3, 0.4) is 0 Å². The Balaban J connectivity index is 1.21. The van der Waals surface area contributed by atoms with Crippen LogP contribution in [0, 0.1) is 12.8 Å². The number of aromatic hydroxyl groups is 1. The van der Waals surface area contributed by atoms with E-state index >= 15 is 0 Å². The van der Waals surface area contributed by atoms with E-state index in [2.05, 4.69) is 36.0 Å². The molecule has 200 valence electrons. The van der Waals surface area contributed by atoms with Gasteiger partial charge < -0.3 is 25.4 Å². The van der Waals surface area contributed by atoms with E-state index in [9.17, 15) is 15.0 Å². The first-order valence-electron chi connectivity index (χ1n) is 12.4. The molecule has 0 fully saturated rings. The van der Waals surface area contributed by atoms with Gasteiger partial charge in [-0.25, -0.2) is 9.97 Å². The number of para-hydroxylation sites is 1. The first-order chi connectivity index (χ1) is 18.8. The Morgan fingerprint density at radius 2 is 1.82 bits per heavy atom. The summed E-state index contributed by atoms with van der Waals surface area (Å²) < 4.78 is 5.23. The van der Waals surface area contributed by atoms with Gasteiger partial charge in [0.15, 0.2) is 11.6 Å². The molecular weight excluding hydrogens is 518 g/mol. The van der Waals surface area contributed by atoms with E-state index in [4.69, 9.17) is 4.52 Å². The predicted octanol–water partition coefficient (Wildman–Crippen LogP) is 5.17. The van der Waals surface area contributed by atoms with Crippen LogP contribution in [0.5, 0.6) is 5.75 Å². The van der Waals surface area contributed by atoms with Gasteiger partial charge in [-0.3, -0.25) is 4.79 Å². The highest BCUT2D eigenvalue weighted by atomic mass is 32.1. The molecule has 12 heteroatoms. The number of hydrogen-bond acceptors (Lipinski definition) is 11. The number of aromatic nitrogens is 5. The first kappa shape index (κ1) is 26.0. The number of benzene rings is 1. The third kappa shape index (κ3) is 5.50. The molecule has 4 heterocycles. The molecule has 1 atom stereocenters. The summed E-state index contributed by atoms with van der Waals surface area (Å²) in [6.45, 7) is 6.70. The van der Waals surface area contributed by atoms with Crippen LogP contribution in [-0.4, -0.2) is 54.6 Å². The number of phenolic OH excluding ortho intramolecular Hbond substituents is 1. The number of thiophene rings is 1. The van der Waals surface area contributed by atoms with Gasteiger partial charge in [-0.05, 0) is 36.6 Å². The normalized spacial score (nSPS) is 12.1. The van der Waals surface area contributed by atoms with E-state index in [-0.39, 0.29) is 11.7 Å². The number of nitrogens with one attached hydrogen (secondary N) is 2.